The Morgan fingerprint density at radius 2 is 1.87 bits per heavy atom. The lowest BCUT2D eigenvalue weighted by Gasteiger charge is -2.33. The van der Waals surface area contributed by atoms with E-state index in [-0.39, 0.29) is 12.7 Å². The van der Waals surface area contributed by atoms with Gasteiger partial charge in [-0.3, -0.25) is 4.98 Å². The Bertz CT molecular complexity index is 1170. The molecule has 1 saturated heterocycles. The Balaban J connectivity index is 1.38. The van der Waals surface area contributed by atoms with E-state index in [1.165, 1.54) is 0 Å². The van der Waals surface area contributed by atoms with Gasteiger partial charge < -0.3 is 20.1 Å². The summed E-state index contributed by atoms with van der Waals surface area (Å²) in [6, 6.07) is 20.1. The number of fused-ring (bicyclic) bond motifs is 1. The molecular weight excluding hydrogens is 390 g/mol. The fourth-order valence-electron chi connectivity index (χ4n) is 3.77. The van der Waals surface area contributed by atoms with Crippen LogP contribution in [0.15, 0.2) is 73.1 Å². The lowest BCUT2D eigenvalue weighted by Crippen LogP contribution is -2.44. The third kappa shape index (κ3) is 4.19. The molecule has 5 rings (SSSR count). The molecule has 156 valence electrons. The molecule has 0 amide bonds. The highest BCUT2D eigenvalue weighted by Crippen LogP contribution is 2.26. The van der Waals surface area contributed by atoms with E-state index in [0.29, 0.717) is 19.1 Å². The zero-order chi connectivity index (χ0) is 21.0. The van der Waals surface area contributed by atoms with Crippen LogP contribution < -0.4 is 10.2 Å². The number of aliphatic hydroxyl groups is 1. The maximum atomic E-state index is 9.35. The molecule has 2 aromatic heterocycles. The van der Waals surface area contributed by atoms with E-state index in [9.17, 15) is 5.11 Å². The lowest BCUT2D eigenvalue weighted by molar-refractivity contribution is 0.00357. The molecule has 0 aliphatic carbocycles. The molecule has 1 atom stereocenters. The number of ether oxygens (including phenoxy) is 1. The van der Waals surface area contributed by atoms with Crippen LogP contribution in [0.4, 0.5) is 17.3 Å². The largest absolute Gasteiger partial charge is 0.394 e. The molecule has 1 aliphatic rings. The van der Waals surface area contributed by atoms with Gasteiger partial charge in [0.25, 0.3) is 0 Å². The number of benzene rings is 2. The number of nitrogens with zero attached hydrogens (tertiary/aromatic N) is 4. The molecule has 1 aliphatic heterocycles. The zero-order valence-corrected chi connectivity index (χ0v) is 17.0. The van der Waals surface area contributed by atoms with Gasteiger partial charge in [0.2, 0.25) is 5.95 Å². The number of aromatic nitrogens is 3. The highest BCUT2D eigenvalue weighted by atomic mass is 16.5. The minimum atomic E-state index is -0.134. The van der Waals surface area contributed by atoms with E-state index in [0.717, 1.165) is 40.1 Å². The molecular formula is C24H23N5O2. The third-order valence-electron chi connectivity index (χ3n) is 5.38. The van der Waals surface area contributed by atoms with Crippen molar-refractivity contribution in [2.75, 3.05) is 36.5 Å². The fraction of sp³-hybridized carbons (Fsp3) is 0.208. The van der Waals surface area contributed by atoms with Crippen LogP contribution >= 0.6 is 0 Å². The average Bonchev–Trinajstić information content (AvgIpc) is 2.85. The molecule has 31 heavy (non-hydrogen) atoms. The summed E-state index contributed by atoms with van der Waals surface area (Å²) in [5.74, 6) is 0.525. The van der Waals surface area contributed by atoms with Crippen LogP contribution in [0, 0.1) is 0 Å². The van der Waals surface area contributed by atoms with Gasteiger partial charge in [0.15, 0.2) is 0 Å². The molecule has 1 fully saturated rings. The number of hydrogen-bond acceptors (Lipinski definition) is 7. The average molecular weight is 413 g/mol. The van der Waals surface area contributed by atoms with Crippen molar-refractivity contribution in [2.24, 2.45) is 0 Å². The Kier molecular flexibility index (Phi) is 5.43. The zero-order valence-electron chi connectivity index (χ0n) is 17.0. The van der Waals surface area contributed by atoms with Crippen LogP contribution in [0.2, 0.25) is 0 Å². The van der Waals surface area contributed by atoms with Gasteiger partial charge in [0.1, 0.15) is 5.52 Å². The monoisotopic (exact) mass is 413 g/mol. The van der Waals surface area contributed by atoms with Crippen LogP contribution in [-0.4, -0.2) is 52.5 Å². The summed E-state index contributed by atoms with van der Waals surface area (Å²) in [7, 11) is 0. The maximum Gasteiger partial charge on any atom is 0.227 e. The molecule has 2 N–H and O–H groups in total. The molecule has 0 bridgehead atoms. The van der Waals surface area contributed by atoms with Crippen LogP contribution in [0.1, 0.15) is 0 Å². The Hall–Kier alpha value is -3.55. The second kappa shape index (κ2) is 8.67. The molecule has 7 heteroatoms. The van der Waals surface area contributed by atoms with Crippen molar-refractivity contribution in [3.05, 3.63) is 73.1 Å². The highest BCUT2D eigenvalue weighted by molar-refractivity contribution is 5.91. The number of rotatable bonds is 5. The fourth-order valence-corrected chi connectivity index (χ4v) is 3.77. The van der Waals surface area contributed by atoms with Crippen molar-refractivity contribution in [3.8, 4) is 11.3 Å². The maximum absolute atomic E-state index is 9.35. The van der Waals surface area contributed by atoms with Crippen LogP contribution in [0.3, 0.4) is 0 Å². The van der Waals surface area contributed by atoms with Crippen molar-refractivity contribution in [2.45, 2.75) is 6.10 Å². The van der Waals surface area contributed by atoms with E-state index in [1.807, 2.05) is 54.7 Å². The molecule has 0 radical (unpaired) electrons. The number of morpholine rings is 1. The Morgan fingerprint density at radius 3 is 2.68 bits per heavy atom. The number of pyridine rings is 1. The number of aliphatic hydroxyl groups excluding tert-OH is 1. The summed E-state index contributed by atoms with van der Waals surface area (Å²) in [5, 5.41) is 13.6. The first-order valence-electron chi connectivity index (χ1n) is 10.3. The van der Waals surface area contributed by atoms with Crippen molar-refractivity contribution >= 4 is 28.2 Å². The van der Waals surface area contributed by atoms with Gasteiger partial charge in [-0.1, -0.05) is 30.3 Å². The van der Waals surface area contributed by atoms with Gasteiger partial charge in [-0.05, 0) is 30.3 Å². The summed E-state index contributed by atoms with van der Waals surface area (Å²) in [5.41, 5.74) is 4.67. The summed E-state index contributed by atoms with van der Waals surface area (Å²) in [6.45, 7) is 2.15. The van der Waals surface area contributed by atoms with Gasteiger partial charge in [-0.15, -0.1) is 0 Å². The van der Waals surface area contributed by atoms with Gasteiger partial charge in [0.05, 0.1) is 25.0 Å². The summed E-state index contributed by atoms with van der Waals surface area (Å²) in [4.78, 5) is 16.0. The second-order valence-corrected chi connectivity index (χ2v) is 7.45. The van der Waals surface area contributed by atoms with Gasteiger partial charge in [-0.2, -0.15) is 0 Å². The van der Waals surface area contributed by atoms with Crippen LogP contribution in [0.5, 0.6) is 0 Å². The summed E-state index contributed by atoms with van der Waals surface area (Å²) >= 11 is 0. The van der Waals surface area contributed by atoms with E-state index >= 15 is 0 Å². The smallest absolute Gasteiger partial charge is 0.227 e. The van der Waals surface area contributed by atoms with Gasteiger partial charge >= 0.3 is 0 Å². The van der Waals surface area contributed by atoms with E-state index in [1.54, 1.807) is 6.20 Å². The molecule has 2 aromatic carbocycles. The molecule has 4 aromatic rings. The second-order valence-electron chi connectivity index (χ2n) is 7.45. The molecule has 7 nitrogen and oxygen atoms in total. The summed E-state index contributed by atoms with van der Waals surface area (Å²) in [6.07, 6.45) is 3.47. The predicted molar refractivity (Wildman–Crippen MR) is 122 cm³/mol. The minimum Gasteiger partial charge on any atom is -0.394 e. The van der Waals surface area contributed by atoms with Gasteiger partial charge in [-0.25, -0.2) is 9.97 Å². The number of hydrogen-bond donors (Lipinski definition) is 2. The highest BCUT2D eigenvalue weighted by Gasteiger charge is 2.19. The minimum absolute atomic E-state index is 0.0370. The van der Waals surface area contributed by atoms with E-state index in [2.05, 4.69) is 32.3 Å². The normalized spacial score (nSPS) is 16.4. The van der Waals surface area contributed by atoms with Crippen molar-refractivity contribution in [3.63, 3.8) is 0 Å². The summed E-state index contributed by atoms with van der Waals surface area (Å²) < 4.78 is 5.53. The van der Waals surface area contributed by atoms with Crippen molar-refractivity contribution in [1.82, 2.24) is 15.0 Å². The Labute approximate surface area is 180 Å². The SMILES string of the molecule is OCC1CN(c2ccc(Nc3ncc4ccnc(-c5ccccc5)c4n3)cc2)CCO1. The first-order chi connectivity index (χ1) is 15.3. The first kappa shape index (κ1) is 19.4. The van der Waals surface area contributed by atoms with Crippen LogP contribution in [0.25, 0.3) is 22.2 Å². The van der Waals surface area contributed by atoms with Crippen molar-refractivity contribution in [1.29, 1.82) is 0 Å². The Morgan fingerprint density at radius 1 is 1.03 bits per heavy atom. The molecule has 3 heterocycles. The molecule has 1 unspecified atom stereocenters. The van der Waals surface area contributed by atoms with Crippen LogP contribution in [-0.2, 0) is 4.74 Å². The lowest BCUT2D eigenvalue weighted by atomic mass is 10.1. The first-order valence-corrected chi connectivity index (χ1v) is 10.3. The molecule has 0 spiro atoms. The number of anilines is 3. The van der Waals surface area contributed by atoms with E-state index in [4.69, 9.17) is 9.72 Å². The number of nitrogens with one attached hydrogen (secondary N) is 1. The third-order valence-corrected chi connectivity index (χ3v) is 5.38. The molecule has 0 saturated carbocycles. The topological polar surface area (TPSA) is 83.4 Å². The van der Waals surface area contributed by atoms with E-state index < -0.39 is 0 Å². The van der Waals surface area contributed by atoms with Crippen molar-refractivity contribution < 1.29 is 9.84 Å². The van der Waals surface area contributed by atoms with Gasteiger partial charge in [0, 0.05) is 47.8 Å². The predicted octanol–water partition coefficient (Wildman–Crippen LogP) is 3.63. The standard InChI is InChI=1S/C24H23N5O2/c30-16-21-15-29(12-13-31-21)20-8-6-19(7-9-20)27-24-26-14-18-10-11-25-22(23(18)28-24)17-4-2-1-3-5-17/h1-11,14,21,30H,12-13,15-16H2,(H,26,27,28). The quantitative estimate of drug-likeness (QED) is 0.517.